The van der Waals surface area contributed by atoms with Crippen molar-refractivity contribution in [2.75, 3.05) is 6.61 Å². The Kier molecular flexibility index (Phi) is 4.98. The van der Waals surface area contributed by atoms with Gasteiger partial charge in [-0.1, -0.05) is 18.2 Å². The Bertz CT molecular complexity index is 573. The molecule has 1 heterocycles. The second-order valence-electron chi connectivity index (χ2n) is 5.14. The lowest BCUT2D eigenvalue weighted by molar-refractivity contribution is -0.122. The van der Waals surface area contributed by atoms with Gasteiger partial charge in [-0.05, 0) is 31.9 Å². The van der Waals surface area contributed by atoms with Gasteiger partial charge in [-0.25, -0.2) is 0 Å². The fourth-order valence-corrected chi connectivity index (χ4v) is 2.17. The number of hydrogen-bond acceptors (Lipinski definition) is 3. The Morgan fingerprint density at radius 1 is 1.38 bits per heavy atom. The topological polar surface area (TPSA) is 67.0 Å². The van der Waals surface area contributed by atoms with Crippen molar-refractivity contribution in [2.24, 2.45) is 0 Å². The molecular weight excluding hydrogens is 266 g/mol. The molecule has 0 aliphatic heterocycles. The first-order valence-corrected chi connectivity index (χ1v) is 7.05. The van der Waals surface area contributed by atoms with E-state index < -0.39 is 0 Å². The molecule has 1 aromatic heterocycles. The zero-order chi connectivity index (χ0) is 15.2. The SMILES string of the molecule is Cc1cccc(C)c1OCCC(=O)NC(C)c1cn[nH]c1. The van der Waals surface area contributed by atoms with Gasteiger partial charge >= 0.3 is 0 Å². The molecule has 21 heavy (non-hydrogen) atoms. The lowest BCUT2D eigenvalue weighted by atomic mass is 10.1. The van der Waals surface area contributed by atoms with Crippen molar-refractivity contribution < 1.29 is 9.53 Å². The maximum atomic E-state index is 11.9. The van der Waals surface area contributed by atoms with Crippen molar-refractivity contribution in [1.82, 2.24) is 15.5 Å². The molecule has 1 unspecified atom stereocenters. The fourth-order valence-electron chi connectivity index (χ4n) is 2.17. The number of para-hydroxylation sites is 1. The monoisotopic (exact) mass is 287 g/mol. The second kappa shape index (κ2) is 6.92. The van der Waals surface area contributed by atoms with Crippen LogP contribution in [-0.2, 0) is 4.79 Å². The number of hydrogen-bond donors (Lipinski definition) is 2. The lowest BCUT2D eigenvalue weighted by Crippen LogP contribution is -2.27. The van der Waals surface area contributed by atoms with E-state index in [2.05, 4.69) is 15.5 Å². The summed E-state index contributed by atoms with van der Waals surface area (Å²) in [6.07, 6.45) is 3.81. The summed E-state index contributed by atoms with van der Waals surface area (Å²) in [6.45, 7) is 6.30. The summed E-state index contributed by atoms with van der Waals surface area (Å²) in [7, 11) is 0. The predicted octanol–water partition coefficient (Wildman–Crippen LogP) is 2.67. The number of aryl methyl sites for hydroxylation is 2. The maximum Gasteiger partial charge on any atom is 0.223 e. The van der Waals surface area contributed by atoms with Crippen LogP contribution in [0.4, 0.5) is 0 Å². The van der Waals surface area contributed by atoms with Crippen LogP contribution >= 0.6 is 0 Å². The maximum absolute atomic E-state index is 11.9. The van der Waals surface area contributed by atoms with Crippen LogP contribution < -0.4 is 10.1 Å². The van der Waals surface area contributed by atoms with Crippen LogP contribution in [0.2, 0.25) is 0 Å². The molecule has 1 amide bonds. The minimum absolute atomic E-state index is 0.0325. The van der Waals surface area contributed by atoms with Gasteiger partial charge in [-0.15, -0.1) is 0 Å². The van der Waals surface area contributed by atoms with E-state index in [0.717, 1.165) is 22.4 Å². The third kappa shape index (κ3) is 4.08. The van der Waals surface area contributed by atoms with E-state index in [1.54, 1.807) is 12.4 Å². The molecule has 0 radical (unpaired) electrons. The predicted molar refractivity (Wildman–Crippen MR) is 81.2 cm³/mol. The Labute approximate surface area is 124 Å². The summed E-state index contributed by atoms with van der Waals surface area (Å²) < 4.78 is 5.73. The van der Waals surface area contributed by atoms with Crippen molar-refractivity contribution in [3.8, 4) is 5.75 Å². The molecule has 1 atom stereocenters. The molecule has 0 aliphatic carbocycles. The number of benzene rings is 1. The van der Waals surface area contributed by atoms with E-state index in [-0.39, 0.29) is 11.9 Å². The molecule has 2 N–H and O–H groups in total. The van der Waals surface area contributed by atoms with E-state index >= 15 is 0 Å². The van der Waals surface area contributed by atoms with Crippen molar-refractivity contribution in [3.05, 3.63) is 47.3 Å². The molecule has 112 valence electrons. The average Bonchev–Trinajstić information content (AvgIpc) is 2.96. The summed E-state index contributed by atoms with van der Waals surface area (Å²) in [5.74, 6) is 0.836. The zero-order valence-electron chi connectivity index (χ0n) is 12.6. The van der Waals surface area contributed by atoms with Crippen LogP contribution in [0.25, 0.3) is 0 Å². The van der Waals surface area contributed by atoms with Crippen LogP contribution in [0.15, 0.2) is 30.6 Å². The summed E-state index contributed by atoms with van der Waals surface area (Å²) >= 11 is 0. The molecule has 0 saturated heterocycles. The van der Waals surface area contributed by atoms with Gasteiger partial charge in [0.15, 0.2) is 0 Å². The highest BCUT2D eigenvalue weighted by Crippen LogP contribution is 2.22. The number of nitrogens with one attached hydrogen (secondary N) is 2. The Hall–Kier alpha value is -2.30. The molecule has 0 aliphatic rings. The fraction of sp³-hybridized carbons (Fsp3) is 0.375. The number of nitrogens with zero attached hydrogens (tertiary/aromatic N) is 1. The van der Waals surface area contributed by atoms with E-state index in [0.29, 0.717) is 13.0 Å². The number of aromatic amines is 1. The highest BCUT2D eigenvalue weighted by atomic mass is 16.5. The van der Waals surface area contributed by atoms with Crippen LogP contribution in [0.1, 0.15) is 36.1 Å². The van der Waals surface area contributed by atoms with Crippen LogP contribution in [-0.4, -0.2) is 22.7 Å². The minimum atomic E-state index is -0.0588. The first-order chi connectivity index (χ1) is 10.1. The summed E-state index contributed by atoms with van der Waals surface area (Å²) in [5.41, 5.74) is 3.13. The largest absolute Gasteiger partial charge is 0.493 e. The highest BCUT2D eigenvalue weighted by Gasteiger charge is 2.11. The smallest absolute Gasteiger partial charge is 0.223 e. The Morgan fingerprint density at radius 3 is 2.71 bits per heavy atom. The first kappa shape index (κ1) is 15.1. The van der Waals surface area contributed by atoms with Gasteiger partial charge in [-0.2, -0.15) is 5.10 Å². The van der Waals surface area contributed by atoms with Gasteiger partial charge in [0.05, 0.1) is 25.3 Å². The standard InChI is InChI=1S/C16H21N3O2/c1-11-5-4-6-12(2)16(11)21-8-7-15(20)19-13(3)14-9-17-18-10-14/h4-6,9-10,13H,7-8H2,1-3H3,(H,17,18)(H,19,20). The average molecular weight is 287 g/mol. The lowest BCUT2D eigenvalue weighted by Gasteiger charge is -2.14. The Balaban J connectivity index is 1.79. The van der Waals surface area contributed by atoms with Crippen LogP contribution in [0, 0.1) is 13.8 Å². The summed E-state index contributed by atoms with van der Waals surface area (Å²) in [5, 5.41) is 9.52. The van der Waals surface area contributed by atoms with Gasteiger partial charge in [0.2, 0.25) is 5.91 Å². The van der Waals surface area contributed by atoms with E-state index in [9.17, 15) is 4.79 Å². The third-order valence-corrected chi connectivity index (χ3v) is 3.38. The van der Waals surface area contributed by atoms with E-state index in [4.69, 9.17) is 4.74 Å². The van der Waals surface area contributed by atoms with Gasteiger partial charge in [0, 0.05) is 11.8 Å². The number of carbonyl (C=O) groups excluding carboxylic acids is 1. The third-order valence-electron chi connectivity index (χ3n) is 3.38. The molecule has 1 aromatic carbocycles. The summed E-state index contributed by atoms with van der Waals surface area (Å²) in [6, 6.07) is 5.94. The number of amides is 1. The number of aromatic nitrogens is 2. The Morgan fingerprint density at radius 2 is 2.10 bits per heavy atom. The van der Waals surface area contributed by atoms with E-state index in [1.165, 1.54) is 0 Å². The molecule has 2 aromatic rings. The molecule has 0 bridgehead atoms. The molecule has 0 spiro atoms. The number of ether oxygens (including phenoxy) is 1. The second-order valence-corrected chi connectivity index (χ2v) is 5.14. The first-order valence-electron chi connectivity index (χ1n) is 7.05. The van der Waals surface area contributed by atoms with E-state index in [1.807, 2.05) is 39.0 Å². The molecule has 2 rings (SSSR count). The van der Waals surface area contributed by atoms with Crippen LogP contribution in [0.3, 0.4) is 0 Å². The van der Waals surface area contributed by atoms with Gasteiger partial charge in [0.1, 0.15) is 5.75 Å². The van der Waals surface area contributed by atoms with Crippen molar-refractivity contribution in [3.63, 3.8) is 0 Å². The molecule has 0 fully saturated rings. The number of carbonyl (C=O) groups is 1. The zero-order valence-corrected chi connectivity index (χ0v) is 12.6. The molecule has 0 saturated carbocycles. The highest BCUT2D eigenvalue weighted by molar-refractivity contribution is 5.76. The summed E-state index contributed by atoms with van der Waals surface area (Å²) in [4.78, 5) is 11.9. The molecular formula is C16H21N3O2. The van der Waals surface area contributed by atoms with Gasteiger partial charge in [-0.3, -0.25) is 9.89 Å². The van der Waals surface area contributed by atoms with Crippen LogP contribution in [0.5, 0.6) is 5.75 Å². The normalized spacial score (nSPS) is 12.0. The number of H-pyrrole nitrogens is 1. The minimum Gasteiger partial charge on any atom is -0.493 e. The molecule has 5 nitrogen and oxygen atoms in total. The molecule has 5 heteroatoms. The van der Waals surface area contributed by atoms with Gasteiger partial charge < -0.3 is 10.1 Å². The van der Waals surface area contributed by atoms with Crippen molar-refractivity contribution in [1.29, 1.82) is 0 Å². The van der Waals surface area contributed by atoms with Crippen molar-refractivity contribution in [2.45, 2.75) is 33.2 Å². The van der Waals surface area contributed by atoms with Gasteiger partial charge in [0.25, 0.3) is 0 Å². The number of rotatable bonds is 6. The quantitative estimate of drug-likeness (QED) is 0.858. The van der Waals surface area contributed by atoms with Crippen molar-refractivity contribution >= 4 is 5.91 Å².